The van der Waals surface area contributed by atoms with Gasteiger partial charge in [0.1, 0.15) is 0 Å². The molecule has 1 aromatic rings. The Morgan fingerprint density at radius 3 is 2.41 bits per heavy atom. The lowest BCUT2D eigenvalue weighted by molar-refractivity contribution is -0.132. The van der Waals surface area contributed by atoms with Gasteiger partial charge in [0.15, 0.2) is 0 Å². The van der Waals surface area contributed by atoms with Crippen LogP contribution in [0.2, 0.25) is 0 Å². The van der Waals surface area contributed by atoms with Crippen LogP contribution in [0.3, 0.4) is 0 Å². The van der Waals surface area contributed by atoms with Crippen molar-refractivity contribution in [2.75, 3.05) is 6.54 Å². The summed E-state index contributed by atoms with van der Waals surface area (Å²) in [7, 11) is 0. The molecular weight excluding hydrogens is 236 g/mol. The fraction of sp³-hybridized carbons (Fsp3) is 0.462. The number of nitrogens with zero attached hydrogens (tertiary/aromatic N) is 1. The average molecular weight is 257 g/mol. The number of carbonyl (C=O) groups is 1. The van der Waals surface area contributed by atoms with Crippen molar-refractivity contribution in [1.82, 2.24) is 4.90 Å². The minimum Gasteiger partial charge on any atom is -0.337 e. The molecule has 0 heterocycles. The highest BCUT2D eigenvalue weighted by Crippen LogP contribution is 2.06. The first kappa shape index (κ1) is 15.9. The second kappa shape index (κ2) is 8.09. The molecule has 0 bridgehead atoms. The first-order valence-corrected chi connectivity index (χ1v) is 5.73. The second-order valence-electron chi connectivity index (χ2n) is 4.03. The van der Waals surface area contributed by atoms with Crippen LogP contribution in [0.1, 0.15) is 25.8 Å². The molecule has 0 aliphatic heterocycles. The number of hydrogen-bond donors (Lipinski definition) is 1. The van der Waals surface area contributed by atoms with Crippen LogP contribution in [0.5, 0.6) is 0 Å². The molecule has 1 rings (SSSR count). The Kier molecular flexibility index (Phi) is 7.59. The van der Waals surface area contributed by atoms with Crippen LogP contribution in [0.15, 0.2) is 30.3 Å². The summed E-state index contributed by atoms with van der Waals surface area (Å²) in [5.74, 6) is 0.0192. The molecular formula is C13H21ClN2O. The highest BCUT2D eigenvalue weighted by molar-refractivity contribution is 5.85. The Balaban J connectivity index is 0.00000256. The van der Waals surface area contributed by atoms with E-state index in [4.69, 9.17) is 5.73 Å². The molecule has 1 amide bonds. The zero-order chi connectivity index (χ0) is 12.0. The van der Waals surface area contributed by atoms with Crippen LogP contribution in [-0.2, 0) is 11.3 Å². The summed E-state index contributed by atoms with van der Waals surface area (Å²) in [4.78, 5) is 13.7. The number of carbonyl (C=O) groups excluding carboxylic acids is 1. The maximum Gasteiger partial charge on any atom is 0.239 e. The van der Waals surface area contributed by atoms with Gasteiger partial charge in [-0.15, -0.1) is 12.4 Å². The number of hydrogen-bond acceptors (Lipinski definition) is 2. The first-order chi connectivity index (χ1) is 7.65. The van der Waals surface area contributed by atoms with Crippen molar-refractivity contribution in [2.45, 2.75) is 32.9 Å². The van der Waals surface area contributed by atoms with E-state index in [1.807, 2.05) is 35.2 Å². The standard InChI is InChI=1S/C13H20N2O.ClH/c1-3-9-15(13(16)11(2)14)10-12-7-5-4-6-8-12;/h4-8,11H,3,9-10,14H2,1-2H3;1H/t11-;/m1./s1. The van der Waals surface area contributed by atoms with E-state index < -0.39 is 6.04 Å². The fourth-order valence-corrected chi connectivity index (χ4v) is 1.63. The summed E-state index contributed by atoms with van der Waals surface area (Å²) in [6.45, 7) is 5.20. The van der Waals surface area contributed by atoms with Gasteiger partial charge < -0.3 is 10.6 Å². The van der Waals surface area contributed by atoms with Crippen molar-refractivity contribution in [1.29, 1.82) is 0 Å². The summed E-state index contributed by atoms with van der Waals surface area (Å²) in [5.41, 5.74) is 6.77. The molecule has 2 N–H and O–H groups in total. The van der Waals surface area contributed by atoms with Gasteiger partial charge in [0.05, 0.1) is 6.04 Å². The lowest BCUT2D eigenvalue weighted by Gasteiger charge is -2.24. The van der Waals surface area contributed by atoms with E-state index in [0.717, 1.165) is 18.5 Å². The zero-order valence-corrected chi connectivity index (χ0v) is 11.2. The summed E-state index contributed by atoms with van der Waals surface area (Å²) < 4.78 is 0. The van der Waals surface area contributed by atoms with Crippen LogP contribution in [0, 0.1) is 0 Å². The molecule has 0 spiro atoms. The van der Waals surface area contributed by atoms with Crippen LogP contribution in [-0.4, -0.2) is 23.4 Å². The molecule has 3 nitrogen and oxygen atoms in total. The van der Waals surface area contributed by atoms with Gasteiger partial charge in [0.2, 0.25) is 5.91 Å². The minimum absolute atomic E-state index is 0. The van der Waals surface area contributed by atoms with Crippen molar-refractivity contribution >= 4 is 18.3 Å². The van der Waals surface area contributed by atoms with Gasteiger partial charge >= 0.3 is 0 Å². The average Bonchev–Trinajstić information content (AvgIpc) is 2.29. The van der Waals surface area contributed by atoms with Crippen LogP contribution in [0.4, 0.5) is 0 Å². The predicted octanol–water partition coefficient (Wildman–Crippen LogP) is 2.19. The monoisotopic (exact) mass is 256 g/mol. The minimum atomic E-state index is -0.421. The van der Waals surface area contributed by atoms with Crippen molar-refractivity contribution in [3.63, 3.8) is 0 Å². The zero-order valence-electron chi connectivity index (χ0n) is 10.4. The van der Waals surface area contributed by atoms with Crippen LogP contribution in [0.25, 0.3) is 0 Å². The summed E-state index contributed by atoms with van der Waals surface area (Å²) in [6, 6.07) is 9.57. The maximum atomic E-state index is 11.8. The third kappa shape index (κ3) is 5.20. The summed E-state index contributed by atoms with van der Waals surface area (Å²) in [5, 5.41) is 0. The molecule has 0 aliphatic rings. The molecule has 17 heavy (non-hydrogen) atoms. The molecule has 0 fully saturated rings. The highest BCUT2D eigenvalue weighted by atomic mass is 35.5. The van der Waals surface area contributed by atoms with E-state index in [2.05, 4.69) is 6.92 Å². The topological polar surface area (TPSA) is 46.3 Å². The third-order valence-electron chi connectivity index (χ3n) is 2.41. The fourth-order valence-electron chi connectivity index (χ4n) is 1.63. The van der Waals surface area contributed by atoms with E-state index in [0.29, 0.717) is 6.54 Å². The van der Waals surface area contributed by atoms with Crippen molar-refractivity contribution in [2.24, 2.45) is 5.73 Å². The Hall–Kier alpha value is -1.06. The molecule has 96 valence electrons. The van der Waals surface area contributed by atoms with Gasteiger partial charge in [-0.25, -0.2) is 0 Å². The van der Waals surface area contributed by atoms with E-state index in [1.165, 1.54) is 0 Å². The van der Waals surface area contributed by atoms with Crippen molar-refractivity contribution in [3.05, 3.63) is 35.9 Å². The SMILES string of the molecule is CCCN(Cc1ccccc1)C(=O)[C@@H](C)N.Cl. The lowest BCUT2D eigenvalue weighted by Crippen LogP contribution is -2.42. The summed E-state index contributed by atoms with van der Waals surface area (Å²) in [6.07, 6.45) is 0.950. The van der Waals surface area contributed by atoms with Gasteiger partial charge in [-0.05, 0) is 18.9 Å². The van der Waals surface area contributed by atoms with E-state index in [1.54, 1.807) is 6.92 Å². The summed E-state index contributed by atoms with van der Waals surface area (Å²) >= 11 is 0. The molecule has 0 unspecified atom stereocenters. The second-order valence-corrected chi connectivity index (χ2v) is 4.03. The molecule has 1 aromatic carbocycles. The molecule has 0 aliphatic carbocycles. The Labute approximate surface area is 109 Å². The number of amides is 1. The Morgan fingerprint density at radius 1 is 1.35 bits per heavy atom. The largest absolute Gasteiger partial charge is 0.337 e. The number of halogens is 1. The van der Waals surface area contributed by atoms with E-state index in [9.17, 15) is 4.79 Å². The number of benzene rings is 1. The van der Waals surface area contributed by atoms with E-state index in [-0.39, 0.29) is 18.3 Å². The predicted molar refractivity (Wildman–Crippen MR) is 73.0 cm³/mol. The van der Waals surface area contributed by atoms with Crippen LogP contribution >= 0.6 is 12.4 Å². The van der Waals surface area contributed by atoms with Crippen LogP contribution < -0.4 is 5.73 Å². The van der Waals surface area contributed by atoms with Crippen molar-refractivity contribution in [3.8, 4) is 0 Å². The molecule has 0 saturated carbocycles. The quantitative estimate of drug-likeness (QED) is 0.878. The molecule has 0 saturated heterocycles. The third-order valence-corrected chi connectivity index (χ3v) is 2.41. The Bertz CT molecular complexity index is 327. The normalized spacial score (nSPS) is 11.5. The number of rotatable bonds is 5. The van der Waals surface area contributed by atoms with Crippen molar-refractivity contribution < 1.29 is 4.79 Å². The molecule has 1 atom stereocenters. The van der Waals surface area contributed by atoms with Gasteiger partial charge in [0, 0.05) is 13.1 Å². The van der Waals surface area contributed by atoms with Gasteiger partial charge in [-0.2, -0.15) is 0 Å². The molecule has 4 heteroatoms. The molecule has 0 aromatic heterocycles. The van der Waals surface area contributed by atoms with Gasteiger partial charge in [0.25, 0.3) is 0 Å². The smallest absolute Gasteiger partial charge is 0.239 e. The Morgan fingerprint density at radius 2 is 1.94 bits per heavy atom. The van der Waals surface area contributed by atoms with Gasteiger partial charge in [-0.1, -0.05) is 37.3 Å². The highest BCUT2D eigenvalue weighted by Gasteiger charge is 2.16. The van der Waals surface area contributed by atoms with E-state index >= 15 is 0 Å². The molecule has 0 radical (unpaired) electrons. The van der Waals surface area contributed by atoms with Gasteiger partial charge in [-0.3, -0.25) is 4.79 Å². The number of nitrogens with two attached hydrogens (primary N) is 1. The maximum absolute atomic E-state index is 11.8. The lowest BCUT2D eigenvalue weighted by atomic mass is 10.2. The first-order valence-electron chi connectivity index (χ1n) is 5.73.